The maximum atomic E-state index is 13.1. The molecular weight excluding hydrogens is 340 g/mol. The summed E-state index contributed by atoms with van der Waals surface area (Å²) < 4.78 is 0. The number of hydrogen-bond donors (Lipinski definition) is 1. The number of carbonyl (C=O) groups excluding carboxylic acids is 1. The number of nitrogens with one attached hydrogen (secondary N) is 1. The Morgan fingerprint density at radius 1 is 1.19 bits per heavy atom. The zero-order valence-electron chi connectivity index (χ0n) is 15.1. The maximum absolute atomic E-state index is 13.1. The molecule has 2 aromatic carbocycles. The van der Waals surface area contributed by atoms with E-state index < -0.39 is 0 Å². The molecule has 0 amide bonds. The number of aromatic amines is 1. The molecule has 0 spiro atoms. The Bertz CT molecular complexity index is 917. The van der Waals surface area contributed by atoms with Gasteiger partial charge in [-0.2, -0.15) is 0 Å². The molecule has 26 heavy (non-hydrogen) atoms. The first-order valence-corrected chi connectivity index (χ1v) is 10.4. The van der Waals surface area contributed by atoms with E-state index in [2.05, 4.69) is 40.3 Å². The first-order chi connectivity index (χ1) is 12.8. The Morgan fingerprint density at radius 2 is 2.00 bits per heavy atom. The van der Waals surface area contributed by atoms with Crippen LogP contribution < -0.4 is 0 Å². The van der Waals surface area contributed by atoms with E-state index >= 15 is 0 Å². The number of carbonyl (C=O) groups is 1. The summed E-state index contributed by atoms with van der Waals surface area (Å²) in [5.41, 5.74) is 3.39. The van der Waals surface area contributed by atoms with Crippen LogP contribution in [0.5, 0.6) is 0 Å². The van der Waals surface area contributed by atoms with Gasteiger partial charge >= 0.3 is 0 Å². The van der Waals surface area contributed by atoms with E-state index in [1.54, 1.807) is 11.8 Å². The number of hydrogen-bond acceptors (Lipinski definition) is 3. The first kappa shape index (κ1) is 17.4. The largest absolute Gasteiger partial charge is 0.361 e. The van der Waals surface area contributed by atoms with E-state index in [4.69, 9.17) is 0 Å². The second kappa shape index (κ2) is 7.68. The van der Waals surface area contributed by atoms with E-state index in [-0.39, 0.29) is 5.92 Å². The van der Waals surface area contributed by atoms with Gasteiger partial charge in [0.05, 0.1) is 0 Å². The van der Waals surface area contributed by atoms with Crippen LogP contribution in [0.3, 0.4) is 0 Å². The molecule has 134 valence electrons. The van der Waals surface area contributed by atoms with Crippen molar-refractivity contribution in [2.24, 2.45) is 5.92 Å². The molecule has 1 atom stereocenters. The number of piperidine rings is 1. The van der Waals surface area contributed by atoms with Gasteiger partial charge in [-0.1, -0.05) is 36.4 Å². The van der Waals surface area contributed by atoms with Crippen LogP contribution in [0, 0.1) is 5.92 Å². The highest BCUT2D eigenvalue weighted by Crippen LogP contribution is 2.28. The minimum Gasteiger partial charge on any atom is -0.361 e. The third-order valence-electron chi connectivity index (χ3n) is 5.32. The molecule has 1 saturated heterocycles. The van der Waals surface area contributed by atoms with Gasteiger partial charge in [0.25, 0.3) is 0 Å². The monoisotopic (exact) mass is 364 g/mol. The summed E-state index contributed by atoms with van der Waals surface area (Å²) in [6.07, 6.45) is 6.22. The topological polar surface area (TPSA) is 36.1 Å². The number of fused-ring (bicyclic) bond motifs is 1. The maximum Gasteiger partial charge on any atom is 0.168 e. The Labute approximate surface area is 158 Å². The number of para-hydroxylation sites is 1. The number of ketones is 1. The van der Waals surface area contributed by atoms with Gasteiger partial charge < -0.3 is 4.98 Å². The highest BCUT2D eigenvalue weighted by Gasteiger charge is 2.28. The van der Waals surface area contributed by atoms with Crippen molar-refractivity contribution in [3.63, 3.8) is 0 Å². The van der Waals surface area contributed by atoms with Gasteiger partial charge in [-0.15, -0.1) is 11.8 Å². The summed E-state index contributed by atoms with van der Waals surface area (Å²) in [6, 6.07) is 16.4. The number of rotatable bonds is 5. The van der Waals surface area contributed by atoms with Crippen LogP contribution >= 0.6 is 11.8 Å². The molecule has 1 N–H and O–H groups in total. The Hall–Kier alpha value is -2.04. The fourth-order valence-electron chi connectivity index (χ4n) is 3.98. The van der Waals surface area contributed by atoms with Gasteiger partial charge in [-0.25, -0.2) is 0 Å². The molecule has 3 aromatic rings. The van der Waals surface area contributed by atoms with Crippen LogP contribution in [0.2, 0.25) is 0 Å². The molecule has 3 nitrogen and oxygen atoms in total. The summed E-state index contributed by atoms with van der Waals surface area (Å²) in [6.45, 7) is 2.81. The average molecular weight is 365 g/mol. The molecule has 1 aromatic heterocycles. The van der Waals surface area contributed by atoms with Gasteiger partial charge in [0.15, 0.2) is 5.78 Å². The lowest BCUT2D eigenvalue weighted by atomic mass is 9.89. The van der Waals surface area contributed by atoms with Crippen LogP contribution in [0.15, 0.2) is 59.6 Å². The number of Topliss-reactive ketones (excluding diaryl/α,β-unsaturated/α-hetero) is 1. The van der Waals surface area contributed by atoms with Crippen molar-refractivity contribution in [3.05, 3.63) is 65.9 Å². The summed E-state index contributed by atoms with van der Waals surface area (Å²) in [4.78, 5) is 20.0. The van der Waals surface area contributed by atoms with E-state index in [0.717, 1.165) is 42.9 Å². The Kier molecular flexibility index (Phi) is 5.14. The molecule has 0 bridgehead atoms. The molecular formula is C22H24N2OS. The number of H-pyrrole nitrogens is 1. The second-order valence-corrected chi connectivity index (χ2v) is 7.85. The Balaban J connectivity index is 1.50. The molecule has 4 rings (SSSR count). The summed E-state index contributed by atoms with van der Waals surface area (Å²) in [5.74, 6) is 0.404. The third-order valence-corrected chi connectivity index (χ3v) is 6.11. The highest BCUT2D eigenvalue weighted by molar-refractivity contribution is 7.98. The summed E-state index contributed by atoms with van der Waals surface area (Å²) >= 11 is 1.66. The number of thioether (sulfide) groups is 1. The highest BCUT2D eigenvalue weighted by atomic mass is 32.2. The summed E-state index contributed by atoms with van der Waals surface area (Å²) in [7, 11) is 0. The van der Waals surface area contributed by atoms with Gasteiger partial charge in [-0.3, -0.25) is 9.69 Å². The van der Waals surface area contributed by atoms with Gasteiger partial charge in [0.1, 0.15) is 0 Å². The molecule has 1 fully saturated rings. The van der Waals surface area contributed by atoms with Crippen molar-refractivity contribution < 1.29 is 4.79 Å². The predicted octanol–water partition coefficient (Wildman–Crippen LogP) is 4.98. The molecule has 0 aliphatic carbocycles. The van der Waals surface area contributed by atoms with E-state index in [9.17, 15) is 4.79 Å². The molecule has 1 unspecified atom stereocenters. The fourth-order valence-corrected chi connectivity index (χ4v) is 4.59. The minimum atomic E-state index is 0.0993. The molecule has 0 radical (unpaired) electrons. The van der Waals surface area contributed by atoms with Crippen molar-refractivity contribution in [2.45, 2.75) is 24.3 Å². The van der Waals surface area contributed by atoms with Crippen molar-refractivity contribution >= 4 is 28.4 Å². The number of nitrogens with zero attached hydrogens (tertiary/aromatic N) is 1. The number of aromatic nitrogens is 1. The first-order valence-electron chi connectivity index (χ1n) is 9.21. The minimum absolute atomic E-state index is 0.0993. The predicted molar refractivity (Wildman–Crippen MR) is 109 cm³/mol. The lowest BCUT2D eigenvalue weighted by Crippen LogP contribution is -2.38. The quantitative estimate of drug-likeness (QED) is 0.512. The van der Waals surface area contributed by atoms with Crippen molar-refractivity contribution in [1.82, 2.24) is 9.88 Å². The molecule has 1 aliphatic heterocycles. The zero-order valence-corrected chi connectivity index (χ0v) is 15.9. The van der Waals surface area contributed by atoms with E-state index in [0.29, 0.717) is 5.78 Å². The number of benzene rings is 2. The third kappa shape index (κ3) is 3.44. The molecule has 1 aliphatic rings. The molecule has 0 saturated carbocycles. The van der Waals surface area contributed by atoms with E-state index in [1.165, 1.54) is 16.5 Å². The Morgan fingerprint density at radius 3 is 2.88 bits per heavy atom. The molecule has 2 heterocycles. The van der Waals surface area contributed by atoms with Crippen molar-refractivity contribution in [1.29, 1.82) is 0 Å². The van der Waals surface area contributed by atoms with Gasteiger partial charge in [0, 0.05) is 46.6 Å². The smallest absolute Gasteiger partial charge is 0.168 e. The lowest BCUT2D eigenvalue weighted by Gasteiger charge is -2.32. The fraction of sp³-hybridized carbons (Fsp3) is 0.318. The molecule has 4 heteroatoms. The van der Waals surface area contributed by atoms with Crippen LogP contribution in [0.25, 0.3) is 10.9 Å². The summed E-state index contributed by atoms with van der Waals surface area (Å²) in [5, 5.41) is 1.29. The van der Waals surface area contributed by atoms with Crippen LogP contribution in [0.1, 0.15) is 28.8 Å². The van der Waals surface area contributed by atoms with Crippen LogP contribution in [0.4, 0.5) is 0 Å². The van der Waals surface area contributed by atoms with Crippen molar-refractivity contribution in [3.8, 4) is 0 Å². The lowest BCUT2D eigenvalue weighted by molar-refractivity contribution is 0.0809. The average Bonchev–Trinajstić information content (AvgIpc) is 3.10. The number of likely N-dealkylation sites (tertiary alicyclic amines) is 1. The zero-order chi connectivity index (χ0) is 17.9. The normalized spacial score (nSPS) is 18.3. The standard InChI is InChI=1S/C22H24N2OS/c1-26-21-11-5-3-9-19(21)22(25)16-7-6-12-24(14-16)15-17-13-23-20-10-4-2-8-18(17)20/h2-5,8-11,13,16,23H,6-7,12,14-15H2,1H3. The SMILES string of the molecule is CSc1ccccc1C(=O)C1CCCN(Cc2c[nH]c3ccccc23)C1. The van der Waals surface area contributed by atoms with Crippen molar-refractivity contribution in [2.75, 3.05) is 19.3 Å². The van der Waals surface area contributed by atoms with E-state index in [1.807, 2.05) is 30.5 Å². The van der Waals surface area contributed by atoms with Crippen LogP contribution in [-0.2, 0) is 6.54 Å². The van der Waals surface area contributed by atoms with Gasteiger partial charge in [0.2, 0.25) is 0 Å². The van der Waals surface area contributed by atoms with Crippen LogP contribution in [-0.4, -0.2) is 35.0 Å². The second-order valence-electron chi connectivity index (χ2n) is 7.00. The van der Waals surface area contributed by atoms with Gasteiger partial charge in [-0.05, 0) is 43.3 Å².